The summed E-state index contributed by atoms with van der Waals surface area (Å²) in [6, 6.07) is 5.41. The lowest BCUT2D eigenvalue weighted by Gasteiger charge is -2.38. The molecule has 2 nitrogen and oxygen atoms in total. The minimum absolute atomic E-state index is 0.386. The highest BCUT2D eigenvalue weighted by Gasteiger charge is 2.31. The first-order valence-corrected chi connectivity index (χ1v) is 7.44. The third-order valence-electron chi connectivity index (χ3n) is 4.35. The van der Waals surface area contributed by atoms with Crippen LogP contribution in [0.1, 0.15) is 43.9 Å². The summed E-state index contributed by atoms with van der Waals surface area (Å²) in [5.41, 5.74) is 6.05. The van der Waals surface area contributed by atoms with Crippen molar-refractivity contribution in [3.8, 4) is 0 Å². The van der Waals surface area contributed by atoms with Crippen molar-refractivity contribution in [2.45, 2.75) is 44.9 Å². The predicted molar refractivity (Wildman–Crippen MR) is 77.8 cm³/mol. The van der Waals surface area contributed by atoms with Crippen LogP contribution >= 0.6 is 0 Å². The van der Waals surface area contributed by atoms with Crippen molar-refractivity contribution >= 4 is 0 Å². The Morgan fingerprint density at radius 1 is 1.33 bits per heavy atom. The predicted octanol–water partition coefficient (Wildman–Crippen LogP) is 3.83. The van der Waals surface area contributed by atoms with Gasteiger partial charge in [-0.25, -0.2) is 0 Å². The maximum atomic E-state index is 12.7. The number of alkyl halides is 3. The SMILES string of the molecule is CC1CCN(CC(N)c2cccc(C(F)(F)F)c2)C(C)C1. The molecule has 21 heavy (non-hydrogen) atoms. The Morgan fingerprint density at radius 3 is 2.67 bits per heavy atom. The van der Waals surface area contributed by atoms with Crippen molar-refractivity contribution in [2.75, 3.05) is 13.1 Å². The molecule has 1 fully saturated rings. The van der Waals surface area contributed by atoms with E-state index in [1.165, 1.54) is 12.1 Å². The summed E-state index contributed by atoms with van der Waals surface area (Å²) in [4.78, 5) is 2.28. The van der Waals surface area contributed by atoms with Gasteiger partial charge in [0.2, 0.25) is 0 Å². The van der Waals surface area contributed by atoms with E-state index in [-0.39, 0.29) is 6.04 Å². The third-order valence-corrected chi connectivity index (χ3v) is 4.35. The Labute approximate surface area is 124 Å². The van der Waals surface area contributed by atoms with E-state index < -0.39 is 11.7 Å². The zero-order chi connectivity index (χ0) is 15.6. The van der Waals surface area contributed by atoms with Crippen LogP contribution in [0.15, 0.2) is 24.3 Å². The normalized spacial score (nSPS) is 25.8. The largest absolute Gasteiger partial charge is 0.416 e. The van der Waals surface area contributed by atoms with Crippen molar-refractivity contribution in [3.63, 3.8) is 0 Å². The molecule has 1 aromatic rings. The summed E-state index contributed by atoms with van der Waals surface area (Å²) in [5.74, 6) is 0.709. The van der Waals surface area contributed by atoms with Gasteiger partial charge >= 0.3 is 6.18 Å². The quantitative estimate of drug-likeness (QED) is 0.919. The summed E-state index contributed by atoms with van der Waals surface area (Å²) in [6.45, 7) is 5.97. The first-order chi connectivity index (χ1) is 9.77. The Hall–Kier alpha value is -1.07. The highest BCUT2D eigenvalue weighted by Crippen LogP contribution is 2.31. The molecule has 1 aromatic carbocycles. The van der Waals surface area contributed by atoms with Crippen LogP contribution in [0.4, 0.5) is 13.2 Å². The number of hydrogen-bond donors (Lipinski definition) is 1. The van der Waals surface area contributed by atoms with Crippen molar-refractivity contribution < 1.29 is 13.2 Å². The van der Waals surface area contributed by atoms with E-state index in [0.29, 0.717) is 24.1 Å². The molecule has 0 saturated carbocycles. The zero-order valence-corrected chi connectivity index (χ0v) is 12.5. The van der Waals surface area contributed by atoms with E-state index in [1.54, 1.807) is 6.07 Å². The summed E-state index contributed by atoms with van der Waals surface area (Å²) < 4.78 is 38.2. The molecule has 0 aliphatic carbocycles. The minimum atomic E-state index is -4.32. The number of hydrogen-bond acceptors (Lipinski definition) is 2. The first-order valence-electron chi connectivity index (χ1n) is 7.44. The Kier molecular flexibility index (Phi) is 4.94. The van der Waals surface area contributed by atoms with Gasteiger partial charge in [-0.15, -0.1) is 0 Å². The molecule has 5 heteroatoms. The fraction of sp³-hybridized carbons (Fsp3) is 0.625. The molecule has 3 atom stereocenters. The summed E-state index contributed by atoms with van der Waals surface area (Å²) in [6.07, 6.45) is -2.07. The van der Waals surface area contributed by atoms with E-state index in [0.717, 1.165) is 25.5 Å². The second kappa shape index (κ2) is 6.36. The molecule has 0 aromatic heterocycles. The van der Waals surface area contributed by atoms with Crippen molar-refractivity contribution in [3.05, 3.63) is 35.4 Å². The number of likely N-dealkylation sites (tertiary alicyclic amines) is 1. The number of nitrogens with two attached hydrogens (primary N) is 1. The Bertz CT molecular complexity index is 473. The van der Waals surface area contributed by atoms with E-state index in [1.807, 2.05) is 0 Å². The van der Waals surface area contributed by atoms with Gasteiger partial charge in [-0.3, -0.25) is 4.90 Å². The number of nitrogens with zero attached hydrogens (tertiary/aromatic N) is 1. The van der Waals surface area contributed by atoms with Gasteiger partial charge in [0.15, 0.2) is 0 Å². The van der Waals surface area contributed by atoms with Crippen LogP contribution in [0, 0.1) is 5.92 Å². The van der Waals surface area contributed by atoms with Gasteiger partial charge in [0, 0.05) is 18.6 Å². The van der Waals surface area contributed by atoms with E-state index >= 15 is 0 Å². The van der Waals surface area contributed by atoms with Gasteiger partial charge in [0.05, 0.1) is 5.56 Å². The zero-order valence-electron chi connectivity index (χ0n) is 12.5. The lowest BCUT2D eigenvalue weighted by molar-refractivity contribution is -0.137. The molecule has 2 N–H and O–H groups in total. The lowest BCUT2D eigenvalue weighted by atomic mass is 9.92. The first kappa shape index (κ1) is 16.3. The number of rotatable bonds is 3. The topological polar surface area (TPSA) is 29.3 Å². The molecular formula is C16H23F3N2. The van der Waals surface area contributed by atoms with Crippen LogP contribution in [0.3, 0.4) is 0 Å². The van der Waals surface area contributed by atoms with Gasteiger partial charge in [0.25, 0.3) is 0 Å². The molecule has 118 valence electrons. The molecule has 0 amide bonds. The van der Waals surface area contributed by atoms with Crippen molar-refractivity contribution in [1.29, 1.82) is 0 Å². The van der Waals surface area contributed by atoms with E-state index in [9.17, 15) is 13.2 Å². The maximum absolute atomic E-state index is 12.7. The van der Waals surface area contributed by atoms with Crippen LogP contribution < -0.4 is 5.73 Å². The lowest BCUT2D eigenvalue weighted by Crippen LogP contribution is -2.43. The molecule has 1 aliphatic heterocycles. The number of piperidine rings is 1. The fourth-order valence-corrected chi connectivity index (χ4v) is 3.03. The third kappa shape index (κ3) is 4.20. The van der Waals surface area contributed by atoms with Crippen LogP contribution in [-0.2, 0) is 6.18 Å². The average molecular weight is 300 g/mol. The fourth-order valence-electron chi connectivity index (χ4n) is 3.03. The van der Waals surface area contributed by atoms with Gasteiger partial charge in [-0.05, 0) is 49.9 Å². The highest BCUT2D eigenvalue weighted by atomic mass is 19.4. The van der Waals surface area contributed by atoms with Gasteiger partial charge in [-0.1, -0.05) is 19.1 Å². The smallest absolute Gasteiger partial charge is 0.323 e. The molecule has 1 heterocycles. The van der Waals surface area contributed by atoms with Crippen LogP contribution in [-0.4, -0.2) is 24.0 Å². The summed E-state index contributed by atoms with van der Waals surface area (Å²) in [5, 5.41) is 0. The minimum Gasteiger partial charge on any atom is -0.323 e. The molecule has 1 saturated heterocycles. The maximum Gasteiger partial charge on any atom is 0.416 e. The van der Waals surface area contributed by atoms with Crippen molar-refractivity contribution in [2.24, 2.45) is 11.7 Å². The molecule has 0 spiro atoms. The van der Waals surface area contributed by atoms with Crippen LogP contribution in [0.25, 0.3) is 0 Å². The number of benzene rings is 1. The van der Waals surface area contributed by atoms with Gasteiger partial charge < -0.3 is 5.73 Å². The summed E-state index contributed by atoms with van der Waals surface area (Å²) >= 11 is 0. The van der Waals surface area contributed by atoms with Gasteiger partial charge in [-0.2, -0.15) is 13.2 Å². The molecular weight excluding hydrogens is 277 g/mol. The van der Waals surface area contributed by atoms with Crippen molar-refractivity contribution in [1.82, 2.24) is 4.90 Å². The average Bonchev–Trinajstić information content (AvgIpc) is 2.41. The van der Waals surface area contributed by atoms with Gasteiger partial charge in [0.1, 0.15) is 0 Å². The molecule has 3 unspecified atom stereocenters. The van der Waals surface area contributed by atoms with E-state index in [2.05, 4.69) is 18.7 Å². The summed E-state index contributed by atoms with van der Waals surface area (Å²) in [7, 11) is 0. The number of halogens is 3. The van der Waals surface area contributed by atoms with Crippen LogP contribution in [0.2, 0.25) is 0 Å². The second-order valence-electron chi connectivity index (χ2n) is 6.20. The Balaban J connectivity index is 2.05. The highest BCUT2D eigenvalue weighted by molar-refractivity contribution is 5.28. The Morgan fingerprint density at radius 2 is 2.05 bits per heavy atom. The second-order valence-corrected chi connectivity index (χ2v) is 6.20. The molecule has 0 radical (unpaired) electrons. The van der Waals surface area contributed by atoms with Crippen LogP contribution in [0.5, 0.6) is 0 Å². The monoisotopic (exact) mass is 300 g/mol. The molecule has 1 aliphatic rings. The molecule has 0 bridgehead atoms. The van der Waals surface area contributed by atoms with E-state index in [4.69, 9.17) is 5.73 Å². The standard InChI is InChI=1S/C16H23F3N2/c1-11-6-7-21(12(2)8-11)10-15(20)13-4-3-5-14(9-13)16(17,18)19/h3-5,9,11-12,15H,6-8,10,20H2,1-2H3. The molecule has 2 rings (SSSR count).